The molecule has 0 fully saturated rings. The van der Waals surface area contributed by atoms with Gasteiger partial charge >= 0.3 is 0 Å². The Hall–Kier alpha value is -1.60. The molecule has 0 spiro atoms. The Bertz CT molecular complexity index is 346. The van der Waals surface area contributed by atoms with Gasteiger partial charge in [-0.1, -0.05) is 0 Å². The average molecular weight is 195 g/mol. The van der Waals surface area contributed by atoms with Crippen LogP contribution in [0.15, 0.2) is 18.2 Å². The molecule has 0 heterocycles. The molecular weight excluding hydrogens is 185 g/mol. The maximum Gasteiger partial charge on any atom is 0.189 e. The van der Waals surface area contributed by atoms with E-state index < -0.39 is 5.82 Å². The predicted octanol–water partition coefficient (Wildman–Crippen LogP) is 2.07. The van der Waals surface area contributed by atoms with Crippen molar-refractivity contribution < 1.29 is 13.9 Å². The van der Waals surface area contributed by atoms with Crippen LogP contribution >= 0.6 is 0 Å². The molecule has 4 heteroatoms. The standard InChI is InChI=1S/C10H10FNO2/c1-2-13-7-14-10-4-3-8(6-12)5-9(10)11/h3-5H,2,7H2,1H3. The molecule has 0 atom stereocenters. The smallest absolute Gasteiger partial charge is 0.189 e. The lowest BCUT2D eigenvalue weighted by Gasteiger charge is -2.06. The van der Waals surface area contributed by atoms with Crippen molar-refractivity contribution in [3.63, 3.8) is 0 Å². The summed E-state index contributed by atoms with van der Waals surface area (Å²) >= 11 is 0. The average Bonchev–Trinajstić information content (AvgIpc) is 2.20. The van der Waals surface area contributed by atoms with Gasteiger partial charge in [-0.3, -0.25) is 0 Å². The summed E-state index contributed by atoms with van der Waals surface area (Å²) in [4.78, 5) is 0. The normalized spacial score (nSPS) is 9.50. The van der Waals surface area contributed by atoms with E-state index in [1.807, 2.05) is 13.0 Å². The Morgan fingerprint density at radius 1 is 1.50 bits per heavy atom. The van der Waals surface area contributed by atoms with Crippen LogP contribution < -0.4 is 4.74 Å². The molecule has 0 bridgehead atoms. The summed E-state index contributed by atoms with van der Waals surface area (Å²) in [5, 5.41) is 8.48. The number of benzene rings is 1. The van der Waals surface area contributed by atoms with Crippen LogP contribution in [0.3, 0.4) is 0 Å². The number of nitriles is 1. The Balaban J connectivity index is 2.65. The Labute approximate surface area is 81.7 Å². The van der Waals surface area contributed by atoms with Crippen LogP contribution in [0.5, 0.6) is 5.75 Å². The number of hydrogen-bond acceptors (Lipinski definition) is 3. The third kappa shape index (κ3) is 2.71. The molecule has 0 radical (unpaired) electrons. The first-order valence-electron chi connectivity index (χ1n) is 4.18. The van der Waals surface area contributed by atoms with Crippen molar-refractivity contribution in [1.29, 1.82) is 5.26 Å². The summed E-state index contributed by atoms with van der Waals surface area (Å²) in [5.41, 5.74) is 0.270. The van der Waals surface area contributed by atoms with E-state index in [0.717, 1.165) is 6.07 Å². The van der Waals surface area contributed by atoms with Gasteiger partial charge in [0.05, 0.1) is 11.6 Å². The second-order valence-electron chi connectivity index (χ2n) is 2.51. The molecule has 1 aromatic rings. The van der Waals surface area contributed by atoms with Crippen molar-refractivity contribution in [2.75, 3.05) is 13.4 Å². The van der Waals surface area contributed by atoms with Crippen LogP contribution in [-0.2, 0) is 4.74 Å². The molecule has 74 valence electrons. The third-order valence-corrected chi connectivity index (χ3v) is 1.56. The molecule has 0 N–H and O–H groups in total. The van der Waals surface area contributed by atoms with Crippen molar-refractivity contribution >= 4 is 0 Å². The molecule has 0 aliphatic heterocycles. The molecule has 0 aliphatic carbocycles. The first-order chi connectivity index (χ1) is 6.77. The molecule has 0 unspecified atom stereocenters. The maximum atomic E-state index is 13.1. The summed E-state index contributed by atoms with van der Waals surface area (Å²) in [6, 6.07) is 5.86. The SMILES string of the molecule is CCOCOc1ccc(C#N)cc1F. The predicted molar refractivity (Wildman–Crippen MR) is 48.2 cm³/mol. The molecule has 0 saturated carbocycles. The topological polar surface area (TPSA) is 42.2 Å². The van der Waals surface area contributed by atoms with E-state index in [4.69, 9.17) is 14.7 Å². The molecule has 1 rings (SSSR count). The summed E-state index contributed by atoms with van der Waals surface area (Å²) in [5.74, 6) is -0.457. The monoisotopic (exact) mass is 195 g/mol. The molecule has 0 amide bonds. The summed E-state index contributed by atoms with van der Waals surface area (Å²) < 4.78 is 23.0. The molecule has 0 saturated heterocycles. The Morgan fingerprint density at radius 3 is 2.86 bits per heavy atom. The van der Waals surface area contributed by atoms with Gasteiger partial charge in [-0.2, -0.15) is 5.26 Å². The minimum atomic E-state index is -0.552. The van der Waals surface area contributed by atoms with E-state index in [0.29, 0.717) is 6.61 Å². The summed E-state index contributed by atoms with van der Waals surface area (Å²) in [6.45, 7) is 2.34. The van der Waals surface area contributed by atoms with E-state index in [9.17, 15) is 4.39 Å². The van der Waals surface area contributed by atoms with Crippen molar-refractivity contribution in [3.05, 3.63) is 29.6 Å². The van der Waals surface area contributed by atoms with Crippen molar-refractivity contribution in [2.45, 2.75) is 6.92 Å². The maximum absolute atomic E-state index is 13.1. The van der Waals surface area contributed by atoms with Crippen LogP contribution in [0, 0.1) is 17.1 Å². The molecule has 1 aromatic carbocycles. The molecule has 0 aromatic heterocycles. The highest BCUT2D eigenvalue weighted by Crippen LogP contribution is 2.17. The first-order valence-corrected chi connectivity index (χ1v) is 4.18. The second-order valence-corrected chi connectivity index (χ2v) is 2.51. The van der Waals surface area contributed by atoms with Gasteiger partial charge < -0.3 is 9.47 Å². The quantitative estimate of drug-likeness (QED) is 0.545. The summed E-state index contributed by atoms with van der Waals surface area (Å²) in [6.07, 6.45) is 0. The molecule has 3 nitrogen and oxygen atoms in total. The van der Waals surface area contributed by atoms with E-state index in [-0.39, 0.29) is 18.1 Å². The molecule has 14 heavy (non-hydrogen) atoms. The van der Waals surface area contributed by atoms with Gasteiger partial charge in [-0.15, -0.1) is 0 Å². The van der Waals surface area contributed by atoms with E-state index in [1.165, 1.54) is 12.1 Å². The zero-order valence-electron chi connectivity index (χ0n) is 7.79. The van der Waals surface area contributed by atoms with E-state index >= 15 is 0 Å². The van der Waals surface area contributed by atoms with E-state index in [2.05, 4.69) is 0 Å². The number of rotatable bonds is 4. The van der Waals surface area contributed by atoms with Crippen LogP contribution in [0.1, 0.15) is 12.5 Å². The lowest BCUT2D eigenvalue weighted by molar-refractivity contribution is 0.0201. The number of ether oxygens (including phenoxy) is 2. The van der Waals surface area contributed by atoms with Crippen molar-refractivity contribution in [2.24, 2.45) is 0 Å². The van der Waals surface area contributed by atoms with Gasteiger partial charge in [-0.05, 0) is 25.1 Å². The number of hydrogen-bond donors (Lipinski definition) is 0. The fourth-order valence-electron chi connectivity index (χ4n) is 0.876. The van der Waals surface area contributed by atoms with Crippen LogP contribution in [0.25, 0.3) is 0 Å². The van der Waals surface area contributed by atoms with Gasteiger partial charge in [0.15, 0.2) is 18.4 Å². The highest BCUT2D eigenvalue weighted by molar-refractivity contribution is 5.35. The summed E-state index contributed by atoms with van der Waals surface area (Å²) in [7, 11) is 0. The van der Waals surface area contributed by atoms with Crippen LogP contribution in [0.4, 0.5) is 4.39 Å². The first kappa shape index (κ1) is 10.5. The fourth-order valence-corrected chi connectivity index (χ4v) is 0.876. The minimum absolute atomic E-state index is 0.0132. The zero-order chi connectivity index (χ0) is 10.4. The van der Waals surface area contributed by atoms with Crippen LogP contribution in [0.2, 0.25) is 0 Å². The van der Waals surface area contributed by atoms with Gasteiger partial charge in [-0.25, -0.2) is 4.39 Å². The molecular formula is C10H10FNO2. The minimum Gasteiger partial charge on any atom is -0.464 e. The Morgan fingerprint density at radius 2 is 2.29 bits per heavy atom. The van der Waals surface area contributed by atoms with Crippen molar-refractivity contribution in [1.82, 2.24) is 0 Å². The third-order valence-electron chi connectivity index (χ3n) is 1.56. The zero-order valence-corrected chi connectivity index (χ0v) is 7.79. The molecule has 0 aliphatic rings. The highest BCUT2D eigenvalue weighted by atomic mass is 19.1. The Kier molecular flexibility index (Phi) is 3.89. The second kappa shape index (κ2) is 5.20. The highest BCUT2D eigenvalue weighted by Gasteiger charge is 2.03. The van der Waals surface area contributed by atoms with Crippen LogP contribution in [-0.4, -0.2) is 13.4 Å². The number of halogens is 1. The van der Waals surface area contributed by atoms with Crippen molar-refractivity contribution in [3.8, 4) is 11.8 Å². The lowest BCUT2D eigenvalue weighted by Crippen LogP contribution is -2.03. The van der Waals surface area contributed by atoms with Gasteiger partial charge in [0.2, 0.25) is 0 Å². The lowest BCUT2D eigenvalue weighted by atomic mass is 10.2. The van der Waals surface area contributed by atoms with Gasteiger partial charge in [0.25, 0.3) is 0 Å². The van der Waals surface area contributed by atoms with Gasteiger partial charge in [0.1, 0.15) is 0 Å². The fraction of sp³-hybridized carbons (Fsp3) is 0.300. The largest absolute Gasteiger partial charge is 0.464 e. The van der Waals surface area contributed by atoms with E-state index in [1.54, 1.807) is 0 Å². The number of nitrogens with zero attached hydrogens (tertiary/aromatic N) is 1. The van der Waals surface area contributed by atoms with Gasteiger partial charge in [0, 0.05) is 6.61 Å².